The highest BCUT2D eigenvalue weighted by Crippen LogP contribution is 2.31. The van der Waals surface area contributed by atoms with Gasteiger partial charge in [-0.25, -0.2) is 0 Å². The van der Waals surface area contributed by atoms with E-state index in [1.54, 1.807) is 16.6 Å². The molecule has 0 aromatic carbocycles. The molecule has 2 amide bonds. The Labute approximate surface area is 136 Å². The Balaban J connectivity index is 1.78. The summed E-state index contributed by atoms with van der Waals surface area (Å²) < 4.78 is 1.77. The molecule has 126 valence electrons. The van der Waals surface area contributed by atoms with Gasteiger partial charge in [0.1, 0.15) is 6.04 Å². The number of hydrogen-bond donors (Lipinski definition) is 2. The zero-order valence-corrected chi connectivity index (χ0v) is 13.8. The van der Waals surface area contributed by atoms with Crippen LogP contribution in [0.5, 0.6) is 0 Å². The van der Waals surface area contributed by atoms with Crippen molar-refractivity contribution in [3.8, 4) is 0 Å². The molecule has 1 unspecified atom stereocenters. The number of carbonyl (C=O) groups is 2. The fourth-order valence-corrected chi connectivity index (χ4v) is 3.77. The molecule has 7 nitrogen and oxygen atoms in total. The first-order valence-corrected chi connectivity index (χ1v) is 8.33. The van der Waals surface area contributed by atoms with E-state index < -0.39 is 0 Å². The van der Waals surface area contributed by atoms with Crippen LogP contribution in [0.1, 0.15) is 30.7 Å². The molecule has 23 heavy (non-hydrogen) atoms. The number of rotatable bonds is 3. The highest BCUT2D eigenvalue weighted by molar-refractivity contribution is 5.89. The van der Waals surface area contributed by atoms with Crippen molar-refractivity contribution in [1.82, 2.24) is 25.3 Å². The Kier molecular flexibility index (Phi) is 4.66. The van der Waals surface area contributed by atoms with Gasteiger partial charge in [-0.2, -0.15) is 5.10 Å². The molecule has 3 rings (SSSR count). The summed E-state index contributed by atoms with van der Waals surface area (Å²) in [5, 5.41) is 10.2. The molecule has 2 aliphatic heterocycles. The Hall–Kier alpha value is -1.89. The normalized spacial score (nSPS) is 27.9. The summed E-state index contributed by atoms with van der Waals surface area (Å²) in [6.07, 6.45) is 6.53. The van der Waals surface area contributed by atoms with Crippen LogP contribution in [0.2, 0.25) is 0 Å². The van der Waals surface area contributed by atoms with Crippen LogP contribution in [-0.2, 0) is 16.6 Å². The van der Waals surface area contributed by atoms with Crippen molar-refractivity contribution in [2.75, 3.05) is 26.7 Å². The van der Waals surface area contributed by atoms with Gasteiger partial charge in [0.25, 0.3) is 0 Å². The van der Waals surface area contributed by atoms with E-state index in [-0.39, 0.29) is 29.7 Å². The van der Waals surface area contributed by atoms with Crippen LogP contribution in [0.4, 0.5) is 0 Å². The zero-order chi connectivity index (χ0) is 16.4. The lowest BCUT2D eigenvalue weighted by atomic mass is 9.88. The van der Waals surface area contributed by atoms with Gasteiger partial charge in [0.05, 0.1) is 12.1 Å². The Morgan fingerprint density at radius 2 is 2.17 bits per heavy atom. The number of amides is 2. The number of aromatic nitrogens is 2. The largest absolute Gasteiger partial charge is 0.357 e. The van der Waals surface area contributed by atoms with Crippen molar-refractivity contribution in [1.29, 1.82) is 0 Å². The van der Waals surface area contributed by atoms with Crippen molar-refractivity contribution in [3.05, 3.63) is 18.0 Å². The highest BCUT2D eigenvalue weighted by Gasteiger charge is 2.41. The summed E-state index contributed by atoms with van der Waals surface area (Å²) in [6.45, 7) is 2.11. The van der Waals surface area contributed by atoms with Crippen molar-refractivity contribution < 1.29 is 9.59 Å². The smallest absolute Gasteiger partial charge is 0.242 e. The van der Waals surface area contributed by atoms with E-state index in [4.69, 9.17) is 0 Å². The molecule has 2 fully saturated rings. The second-order valence-electron chi connectivity index (χ2n) is 6.48. The van der Waals surface area contributed by atoms with Crippen LogP contribution in [0, 0.1) is 5.92 Å². The van der Waals surface area contributed by atoms with E-state index in [1.165, 1.54) is 0 Å². The average molecular weight is 319 g/mol. The first-order chi connectivity index (χ1) is 11.1. The minimum absolute atomic E-state index is 0.0538. The molecule has 2 saturated heterocycles. The number of nitrogens with zero attached hydrogens (tertiary/aromatic N) is 3. The van der Waals surface area contributed by atoms with Gasteiger partial charge in [-0.05, 0) is 24.8 Å². The maximum atomic E-state index is 13.1. The number of nitrogens with one attached hydrogen (secondary N) is 2. The molecular weight excluding hydrogens is 294 g/mol. The lowest BCUT2D eigenvalue weighted by Gasteiger charge is -2.36. The molecule has 0 saturated carbocycles. The topological polar surface area (TPSA) is 79.3 Å². The van der Waals surface area contributed by atoms with Gasteiger partial charge >= 0.3 is 0 Å². The van der Waals surface area contributed by atoms with Crippen LogP contribution in [0.25, 0.3) is 0 Å². The number of carbonyl (C=O) groups excluding carboxylic acids is 2. The van der Waals surface area contributed by atoms with Gasteiger partial charge < -0.3 is 15.5 Å². The fraction of sp³-hybridized carbons (Fsp3) is 0.688. The summed E-state index contributed by atoms with van der Waals surface area (Å²) in [4.78, 5) is 27.0. The third-order valence-electron chi connectivity index (χ3n) is 5.02. The Morgan fingerprint density at radius 1 is 1.35 bits per heavy atom. The lowest BCUT2D eigenvalue weighted by molar-refractivity contribution is -0.145. The summed E-state index contributed by atoms with van der Waals surface area (Å²) in [5.41, 5.74) is 1.09. The third-order valence-corrected chi connectivity index (χ3v) is 5.02. The van der Waals surface area contributed by atoms with E-state index >= 15 is 0 Å². The predicted octanol–water partition coefficient (Wildman–Crippen LogP) is -0.150. The maximum absolute atomic E-state index is 13.1. The number of hydrogen-bond acceptors (Lipinski definition) is 4. The Bertz CT molecular complexity index is 585. The number of likely N-dealkylation sites (N-methyl/N-ethyl adjacent to an activating group) is 1. The van der Waals surface area contributed by atoms with Crippen LogP contribution >= 0.6 is 0 Å². The van der Waals surface area contributed by atoms with Gasteiger partial charge in [-0.3, -0.25) is 14.3 Å². The predicted molar refractivity (Wildman–Crippen MR) is 85.7 cm³/mol. The SMILES string of the molecule is CNC(=O)C1CCCCN1C(=O)[C@H]1CNC[C@@H]1c1cnn(C)c1. The molecule has 1 aromatic heterocycles. The summed E-state index contributed by atoms with van der Waals surface area (Å²) in [6, 6.07) is -0.323. The molecule has 7 heteroatoms. The van der Waals surface area contributed by atoms with Gasteiger partial charge in [0.15, 0.2) is 0 Å². The van der Waals surface area contributed by atoms with Crippen LogP contribution in [0.15, 0.2) is 12.4 Å². The average Bonchev–Trinajstić information content (AvgIpc) is 3.22. The second-order valence-corrected chi connectivity index (χ2v) is 6.48. The molecular formula is C16H25N5O2. The van der Waals surface area contributed by atoms with Crippen LogP contribution in [0.3, 0.4) is 0 Å². The molecule has 3 heterocycles. The quantitative estimate of drug-likeness (QED) is 0.812. The lowest BCUT2D eigenvalue weighted by Crippen LogP contribution is -2.53. The number of likely N-dealkylation sites (tertiary alicyclic amines) is 1. The number of aryl methyl sites for hydroxylation is 1. The summed E-state index contributed by atoms with van der Waals surface area (Å²) >= 11 is 0. The summed E-state index contributed by atoms with van der Waals surface area (Å²) in [5.74, 6) is 0.0482. The second kappa shape index (κ2) is 6.70. The van der Waals surface area contributed by atoms with E-state index in [9.17, 15) is 9.59 Å². The van der Waals surface area contributed by atoms with Crippen LogP contribution in [-0.4, -0.2) is 59.2 Å². The third kappa shape index (κ3) is 3.10. The Morgan fingerprint density at radius 3 is 2.87 bits per heavy atom. The van der Waals surface area contributed by atoms with E-state index in [1.807, 2.05) is 19.4 Å². The van der Waals surface area contributed by atoms with E-state index in [2.05, 4.69) is 15.7 Å². The van der Waals surface area contributed by atoms with Crippen LogP contribution < -0.4 is 10.6 Å². The van der Waals surface area contributed by atoms with Crippen molar-refractivity contribution >= 4 is 11.8 Å². The van der Waals surface area contributed by atoms with Gasteiger partial charge in [-0.1, -0.05) is 0 Å². The van der Waals surface area contributed by atoms with Gasteiger partial charge in [0, 0.05) is 45.8 Å². The fourth-order valence-electron chi connectivity index (χ4n) is 3.77. The highest BCUT2D eigenvalue weighted by atomic mass is 16.2. The molecule has 3 atom stereocenters. The van der Waals surface area contributed by atoms with E-state index in [0.29, 0.717) is 13.1 Å². The number of piperidine rings is 1. The molecule has 0 bridgehead atoms. The zero-order valence-electron chi connectivity index (χ0n) is 13.8. The molecule has 1 aromatic rings. The standard InChI is InChI=1S/C16H25N5O2/c1-17-15(22)14-5-3-4-6-21(14)16(23)13-9-18-8-12(13)11-7-19-20(2)10-11/h7,10,12-14,18H,3-6,8-9H2,1-2H3,(H,17,22)/t12-,13+,14?/m1/s1. The van der Waals surface area contributed by atoms with Crippen molar-refractivity contribution in [3.63, 3.8) is 0 Å². The van der Waals surface area contributed by atoms with Gasteiger partial charge in [-0.15, -0.1) is 0 Å². The molecule has 0 radical (unpaired) electrons. The first-order valence-electron chi connectivity index (χ1n) is 8.33. The van der Waals surface area contributed by atoms with Crippen molar-refractivity contribution in [2.24, 2.45) is 13.0 Å². The molecule has 0 spiro atoms. The summed E-state index contributed by atoms with van der Waals surface area (Å²) in [7, 11) is 3.52. The first kappa shape index (κ1) is 16.0. The monoisotopic (exact) mass is 319 g/mol. The molecule has 2 N–H and O–H groups in total. The minimum atomic E-state index is -0.323. The minimum Gasteiger partial charge on any atom is -0.357 e. The maximum Gasteiger partial charge on any atom is 0.242 e. The van der Waals surface area contributed by atoms with Gasteiger partial charge in [0.2, 0.25) is 11.8 Å². The molecule has 0 aliphatic carbocycles. The van der Waals surface area contributed by atoms with E-state index in [0.717, 1.165) is 31.4 Å². The molecule has 2 aliphatic rings. The van der Waals surface area contributed by atoms with Crippen molar-refractivity contribution in [2.45, 2.75) is 31.2 Å².